The van der Waals surface area contributed by atoms with Crippen LogP contribution in [0.2, 0.25) is 0 Å². The largest absolute Gasteiger partial charge is 0.435 e. The third kappa shape index (κ3) is 5.14. The molecule has 1 aliphatic rings. The smallest absolute Gasteiger partial charge is 0.432 e. The lowest BCUT2D eigenvalue weighted by Gasteiger charge is -2.34. The molecule has 198 valence electrons. The predicted octanol–water partition coefficient (Wildman–Crippen LogP) is 5.36. The number of ether oxygens (including phenoxy) is 1. The first-order valence-electron chi connectivity index (χ1n) is 11.1. The highest BCUT2D eigenvalue weighted by atomic mass is 32.2. The minimum atomic E-state index is -4.95. The van der Waals surface area contributed by atoms with Crippen LogP contribution in [0.1, 0.15) is 46.6 Å². The molecule has 1 atom stereocenters. The second kappa shape index (κ2) is 9.64. The number of carbonyl (C=O) groups excluding carboxylic acids is 1. The highest BCUT2D eigenvalue weighted by Crippen LogP contribution is 2.43. The van der Waals surface area contributed by atoms with Gasteiger partial charge in [-0.3, -0.25) is 4.79 Å². The van der Waals surface area contributed by atoms with Gasteiger partial charge in [-0.1, -0.05) is 6.07 Å². The van der Waals surface area contributed by atoms with Crippen LogP contribution in [0.15, 0.2) is 41.3 Å². The minimum absolute atomic E-state index is 0.0459. The van der Waals surface area contributed by atoms with Crippen LogP contribution in [0, 0.1) is 29.0 Å². The Bertz CT molecular complexity index is 1580. The second-order valence-electron chi connectivity index (χ2n) is 8.81. The summed E-state index contributed by atoms with van der Waals surface area (Å²) in [5.74, 6) is -3.48. The van der Waals surface area contributed by atoms with Crippen molar-refractivity contribution in [3.8, 4) is 17.7 Å². The summed E-state index contributed by atoms with van der Waals surface area (Å²) >= 11 is 0. The van der Waals surface area contributed by atoms with E-state index in [4.69, 9.17) is 9.52 Å². The number of benzene rings is 1. The van der Waals surface area contributed by atoms with Crippen molar-refractivity contribution < 1.29 is 31.3 Å². The first kappa shape index (κ1) is 26.9. The van der Waals surface area contributed by atoms with Crippen molar-refractivity contribution in [2.24, 2.45) is 0 Å². The number of hydrogen-bond acceptors (Lipinski definition) is 8. The van der Waals surface area contributed by atoms with Gasteiger partial charge in [-0.25, -0.2) is 14.0 Å². The molecular weight excluding hydrogens is 528 g/mol. The standard InChI is InChI=1S/C24H20F4N6O3S/c1-13-18(21(35)31-14-5-3-6-15(11-14)38(2,30)36)22(34-33-19(13)24(26,27)28)37-16-7-8-17(32-20(16)25)23(12-29)9-4-10-23/h3,5-8,11,30H,4,9-10H2,1-2H3,(H,31,35). The fourth-order valence-electron chi connectivity index (χ4n) is 3.94. The van der Waals surface area contributed by atoms with E-state index >= 15 is 0 Å². The Morgan fingerprint density at radius 3 is 2.50 bits per heavy atom. The third-order valence-electron chi connectivity index (χ3n) is 6.15. The summed E-state index contributed by atoms with van der Waals surface area (Å²) in [4.78, 5) is 17.0. The molecule has 1 aromatic carbocycles. The molecule has 3 aromatic rings. The van der Waals surface area contributed by atoms with Crippen molar-refractivity contribution in [1.29, 1.82) is 10.0 Å². The molecule has 1 unspecified atom stereocenters. The van der Waals surface area contributed by atoms with Gasteiger partial charge in [0.05, 0.1) is 26.9 Å². The van der Waals surface area contributed by atoms with Gasteiger partial charge in [-0.05, 0) is 62.1 Å². The maximum atomic E-state index is 14.8. The monoisotopic (exact) mass is 548 g/mol. The van der Waals surface area contributed by atoms with E-state index in [1.54, 1.807) is 0 Å². The van der Waals surface area contributed by atoms with E-state index in [1.165, 1.54) is 36.6 Å². The van der Waals surface area contributed by atoms with E-state index in [9.17, 15) is 31.8 Å². The number of halogens is 4. The van der Waals surface area contributed by atoms with Crippen molar-refractivity contribution in [3.63, 3.8) is 0 Å². The lowest BCUT2D eigenvalue weighted by molar-refractivity contribution is -0.142. The first-order valence-corrected chi connectivity index (χ1v) is 13.1. The molecule has 2 aromatic heterocycles. The number of alkyl halides is 3. The number of nitrogens with zero attached hydrogens (tertiary/aromatic N) is 4. The van der Waals surface area contributed by atoms with Crippen molar-refractivity contribution >= 4 is 21.3 Å². The molecular formula is C24H20F4N6O3S. The number of rotatable bonds is 6. The lowest BCUT2D eigenvalue weighted by atomic mass is 9.67. The van der Waals surface area contributed by atoms with E-state index in [0.717, 1.165) is 19.4 Å². The Morgan fingerprint density at radius 2 is 1.95 bits per heavy atom. The average molecular weight is 549 g/mol. The molecule has 14 heteroatoms. The summed E-state index contributed by atoms with van der Waals surface area (Å²) in [5, 5.41) is 18.4. The van der Waals surface area contributed by atoms with Gasteiger partial charge in [0.1, 0.15) is 5.56 Å². The molecule has 1 saturated carbocycles. The van der Waals surface area contributed by atoms with E-state index in [2.05, 4.69) is 26.6 Å². The van der Waals surface area contributed by atoms with Gasteiger partial charge in [0.25, 0.3) is 17.7 Å². The molecule has 4 rings (SSSR count). The molecule has 0 aliphatic heterocycles. The molecule has 0 saturated heterocycles. The number of amides is 1. The number of pyridine rings is 1. The summed E-state index contributed by atoms with van der Waals surface area (Å²) in [6.45, 7) is 0.989. The molecule has 38 heavy (non-hydrogen) atoms. The SMILES string of the molecule is Cc1c(C(F)(F)F)nnc(Oc2ccc(C3(C#N)CCC3)nc2F)c1C(=O)Nc1cccc(S(C)(=N)=O)c1. The number of nitriles is 1. The van der Waals surface area contributed by atoms with Crippen LogP contribution in [-0.2, 0) is 21.3 Å². The topological polar surface area (TPSA) is 142 Å². The summed E-state index contributed by atoms with van der Waals surface area (Å²) in [6, 6.07) is 10.1. The van der Waals surface area contributed by atoms with Crippen LogP contribution in [-0.4, -0.2) is 31.6 Å². The second-order valence-corrected chi connectivity index (χ2v) is 11.0. The van der Waals surface area contributed by atoms with Crippen LogP contribution in [0.4, 0.5) is 23.2 Å². The van der Waals surface area contributed by atoms with Crippen LogP contribution < -0.4 is 10.1 Å². The van der Waals surface area contributed by atoms with Gasteiger partial charge < -0.3 is 10.1 Å². The predicted molar refractivity (Wildman–Crippen MR) is 127 cm³/mol. The van der Waals surface area contributed by atoms with Crippen molar-refractivity contribution in [1.82, 2.24) is 15.2 Å². The fraction of sp³-hybridized carbons (Fsp3) is 0.292. The van der Waals surface area contributed by atoms with Gasteiger partial charge in [0.15, 0.2) is 11.4 Å². The molecule has 0 radical (unpaired) electrons. The summed E-state index contributed by atoms with van der Waals surface area (Å²) in [7, 11) is -3.14. The third-order valence-corrected chi connectivity index (χ3v) is 7.31. The van der Waals surface area contributed by atoms with Gasteiger partial charge >= 0.3 is 6.18 Å². The molecule has 1 fully saturated rings. The molecule has 0 bridgehead atoms. The normalized spacial score (nSPS) is 16.0. The van der Waals surface area contributed by atoms with E-state index in [1.807, 2.05) is 0 Å². The Morgan fingerprint density at radius 1 is 1.24 bits per heavy atom. The highest BCUT2D eigenvalue weighted by Gasteiger charge is 2.41. The number of nitrogens with one attached hydrogen (secondary N) is 2. The fourth-order valence-corrected chi connectivity index (χ4v) is 4.63. The van der Waals surface area contributed by atoms with Gasteiger partial charge in [0, 0.05) is 16.8 Å². The summed E-state index contributed by atoms with van der Waals surface area (Å²) in [6.07, 6.45) is -1.97. The quantitative estimate of drug-likeness (QED) is 0.312. The molecule has 9 nitrogen and oxygen atoms in total. The van der Waals surface area contributed by atoms with Gasteiger partial charge in [-0.15, -0.1) is 10.2 Å². The number of carbonyl (C=O) groups is 1. The van der Waals surface area contributed by atoms with Gasteiger partial charge in [-0.2, -0.15) is 22.8 Å². The van der Waals surface area contributed by atoms with Gasteiger partial charge in [0.2, 0.25) is 0 Å². The van der Waals surface area contributed by atoms with Crippen LogP contribution in [0.5, 0.6) is 11.6 Å². The Hall–Kier alpha value is -4.12. The lowest BCUT2D eigenvalue weighted by Crippen LogP contribution is -2.33. The zero-order chi connectivity index (χ0) is 27.9. The number of aromatic nitrogens is 3. The van der Waals surface area contributed by atoms with E-state index < -0.39 is 61.6 Å². The molecule has 1 aliphatic carbocycles. The highest BCUT2D eigenvalue weighted by molar-refractivity contribution is 7.91. The van der Waals surface area contributed by atoms with Crippen LogP contribution in [0.3, 0.4) is 0 Å². The van der Waals surface area contributed by atoms with E-state index in [0.29, 0.717) is 12.8 Å². The number of anilines is 1. The Kier molecular flexibility index (Phi) is 6.83. The minimum Gasteiger partial charge on any atom is -0.432 e. The van der Waals surface area contributed by atoms with Crippen molar-refractivity contribution in [2.45, 2.75) is 42.7 Å². The molecule has 1 amide bonds. The summed E-state index contributed by atoms with van der Waals surface area (Å²) < 4.78 is 80.6. The van der Waals surface area contributed by atoms with Crippen molar-refractivity contribution in [3.05, 3.63) is 64.9 Å². The Balaban J connectivity index is 1.73. The zero-order valence-electron chi connectivity index (χ0n) is 20.0. The zero-order valence-corrected chi connectivity index (χ0v) is 20.8. The maximum Gasteiger partial charge on any atom is 0.435 e. The average Bonchev–Trinajstić information content (AvgIpc) is 2.79. The first-order chi connectivity index (χ1) is 17.7. The summed E-state index contributed by atoms with van der Waals surface area (Å²) in [5.41, 5.74) is -3.41. The van der Waals surface area contributed by atoms with Crippen LogP contribution >= 0.6 is 0 Å². The number of hydrogen-bond donors (Lipinski definition) is 2. The van der Waals surface area contributed by atoms with Crippen molar-refractivity contribution in [2.75, 3.05) is 11.6 Å². The molecule has 2 N–H and O–H groups in total. The Labute approximate surface area is 214 Å². The van der Waals surface area contributed by atoms with E-state index in [-0.39, 0.29) is 16.3 Å². The molecule has 2 heterocycles. The van der Waals surface area contributed by atoms with Crippen LogP contribution in [0.25, 0.3) is 0 Å². The molecule has 0 spiro atoms. The maximum absolute atomic E-state index is 14.8.